The predicted molar refractivity (Wildman–Crippen MR) is 47.6 cm³/mol. The molecule has 1 aliphatic carbocycles. The Labute approximate surface area is 77.3 Å². The zero-order valence-electron chi connectivity index (χ0n) is 7.75. The van der Waals surface area contributed by atoms with Gasteiger partial charge in [0.25, 0.3) is 0 Å². The lowest BCUT2D eigenvalue weighted by atomic mass is 9.82. The van der Waals surface area contributed by atoms with Gasteiger partial charge in [0.2, 0.25) is 0 Å². The van der Waals surface area contributed by atoms with E-state index in [9.17, 15) is 9.59 Å². The minimum absolute atomic E-state index is 0.0958. The van der Waals surface area contributed by atoms with E-state index in [0.717, 1.165) is 25.7 Å². The summed E-state index contributed by atoms with van der Waals surface area (Å²) in [5.74, 6) is -0.0108. The molecule has 4 nitrogen and oxygen atoms in total. The lowest BCUT2D eigenvalue weighted by molar-refractivity contribution is -0.122. The minimum atomic E-state index is -1.03. The van der Waals surface area contributed by atoms with Crippen LogP contribution in [0.1, 0.15) is 32.6 Å². The maximum absolute atomic E-state index is 11.2. The van der Waals surface area contributed by atoms with Crippen molar-refractivity contribution in [3.8, 4) is 0 Å². The third-order valence-corrected chi connectivity index (χ3v) is 2.60. The molecule has 2 unspecified atom stereocenters. The van der Waals surface area contributed by atoms with Crippen LogP contribution in [0.4, 0.5) is 4.79 Å². The molecule has 0 aromatic carbocycles. The van der Waals surface area contributed by atoms with Gasteiger partial charge in [0.1, 0.15) is 5.78 Å². The second kappa shape index (κ2) is 4.25. The first kappa shape index (κ1) is 10.0. The second-order valence-electron chi connectivity index (χ2n) is 3.56. The fourth-order valence-electron chi connectivity index (χ4n) is 1.95. The average molecular weight is 185 g/mol. The maximum Gasteiger partial charge on any atom is 0.404 e. The van der Waals surface area contributed by atoms with Crippen LogP contribution in [-0.2, 0) is 4.79 Å². The van der Waals surface area contributed by atoms with Gasteiger partial charge in [-0.05, 0) is 19.8 Å². The molecule has 0 aromatic rings. The van der Waals surface area contributed by atoms with Crippen molar-refractivity contribution in [3.63, 3.8) is 0 Å². The zero-order chi connectivity index (χ0) is 9.84. The normalized spacial score (nSPS) is 28.1. The van der Waals surface area contributed by atoms with Gasteiger partial charge in [-0.25, -0.2) is 4.79 Å². The molecule has 2 N–H and O–H groups in total. The van der Waals surface area contributed by atoms with E-state index in [1.807, 2.05) is 0 Å². The summed E-state index contributed by atoms with van der Waals surface area (Å²) >= 11 is 0. The van der Waals surface area contributed by atoms with Gasteiger partial charge >= 0.3 is 6.09 Å². The van der Waals surface area contributed by atoms with E-state index in [1.54, 1.807) is 0 Å². The highest BCUT2D eigenvalue weighted by Crippen LogP contribution is 2.24. The van der Waals surface area contributed by atoms with E-state index in [4.69, 9.17) is 5.11 Å². The highest BCUT2D eigenvalue weighted by atomic mass is 16.4. The Morgan fingerprint density at radius 3 is 2.46 bits per heavy atom. The minimum Gasteiger partial charge on any atom is -0.465 e. The van der Waals surface area contributed by atoms with Crippen LogP contribution >= 0.6 is 0 Å². The van der Waals surface area contributed by atoms with Crippen molar-refractivity contribution in [3.05, 3.63) is 0 Å². The van der Waals surface area contributed by atoms with E-state index in [1.165, 1.54) is 6.92 Å². The second-order valence-corrected chi connectivity index (χ2v) is 3.56. The Kier molecular flexibility index (Phi) is 3.28. The van der Waals surface area contributed by atoms with Gasteiger partial charge in [0, 0.05) is 12.0 Å². The molecule has 74 valence electrons. The first-order valence-corrected chi connectivity index (χ1v) is 4.61. The molecule has 1 amide bonds. The van der Waals surface area contributed by atoms with Crippen LogP contribution in [0.15, 0.2) is 0 Å². The number of carboxylic acid groups (broad SMARTS) is 1. The first-order chi connectivity index (χ1) is 6.11. The van der Waals surface area contributed by atoms with Gasteiger partial charge in [-0.3, -0.25) is 4.79 Å². The molecule has 1 fully saturated rings. The average Bonchev–Trinajstić information content (AvgIpc) is 2.03. The van der Waals surface area contributed by atoms with Crippen molar-refractivity contribution < 1.29 is 14.7 Å². The van der Waals surface area contributed by atoms with Crippen LogP contribution in [0.3, 0.4) is 0 Å². The monoisotopic (exact) mass is 185 g/mol. The molecule has 2 atom stereocenters. The summed E-state index contributed by atoms with van der Waals surface area (Å²) in [7, 11) is 0. The smallest absolute Gasteiger partial charge is 0.404 e. The van der Waals surface area contributed by atoms with Gasteiger partial charge in [-0.2, -0.15) is 0 Å². The Hall–Kier alpha value is -1.06. The molecule has 0 radical (unpaired) electrons. The van der Waals surface area contributed by atoms with Gasteiger partial charge in [-0.1, -0.05) is 12.8 Å². The highest BCUT2D eigenvalue weighted by molar-refractivity contribution is 5.80. The van der Waals surface area contributed by atoms with Crippen molar-refractivity contribution in [2.24, 2.45) is 5.92 Å². The maximum atomic E-state index is 11.2. The molecule has 0 spiro atoms. The lowest BCUT2D eigenvalue weighted by Crippen LogP contribution is -2.43. The number of hydrogen-bond donors (Lipinski definition) is 2. The van der Waals surface area contributed by atoms with Crippen LogP contribution in [-0.4, -0.2) is 23.0 Å². The molecule has 0 bridgehead atoms. The van der Waals surface area contributed by atoms with E-state index < -0.39 is 6.09 Å². The zero-order valence-corrected chi connectivity index (χ0v) is 7.75. The summed E-state index contributed by atoms with van der Waals surface area (Å²) in [5, 5.41) is 11.0. The molecule has 4 heteroatoms. The number of rotatable bonds is 2. The summed E-state index contributed by atoms with van der Waals surface area (Å²) in [6, 6.07) is -0.163. The van der Waals surface area contributed by atoms with Gasteiger partial charge in [0.05, 0.1) is 0 Å². The van der Waals surface area contributed by atoms with Crippen LogP contribution < -0.4 is 5.32 Å². The largest absolute Gasteiger partial charge is 0.465 e. The molecule has 1 rings (SSSR count). The van der Waals surface area contributed by atoms with E-state index in [2.05, 4.69) is 5.32 Å². The Bertz CT molecular complexity index is 215. The van der Waals surface area contributed by atoms with E-state index in [-0.39, 0.29) is 17.7 Å². The third kappa shape index (κ3) is 2.72. The molecule has 1 aliphatic rings. The molecule has 1 saturated carbocycles. The number of hydrogen-bond acceptors (Lipinski definition) is 2. The van der Waals surface area contributed by atoms with Gasteiger partial charge in [0.15, 0.2) is 0 Å². The lowest BCUT2D eigenvalue weighted by Gasteiger charge is -2.29. The molecule has 0 aromatic heterocycles. The topological polar surface area (TPSA) is 66.4 Å². The van der Waals surface area contributed by atoms with Crippen LogP contribution in [0.5, 0.6) is 0 Å². The van der Waals surface area contributed by atoms with Gasteiger partial charge < -0.3 is 10.4 Å². The SMILES string of the molecule is CC(=O)C1CCCCC1NC(=O)O. The number of carbonyl (C=O) groups excluding carboxylic acids is 1. The summed E-state index contributed by atoms with van der Waals surface area (Å²) in [6.45, 7) is 1.53. The molecular weight excluding hydrogens is 170 g/mol. The fourth-order valence-corrected chi connectivity index (χ4v) is 1.95. The van der Waals surface area contributed by atoms with E-state index in [0.29, 0.717) is 0 Å². The van der Waals surface area contributed by atoms with Crippen LogP contribution in [0, 0.1) is 5.92 Å². The Balaban J connectivity index is 2.56. The predicted octanol–water partition coefficient (Wildman–Crippen LogP) is 1.40. The quantitative estimate of drug-likeness (QED) is 0.683. The standard InChI is InChI=1S/C9H15NO3/c1-6(11)7-4-2-3-5-8(7)10-9(12)13/h7-8,10H,2-5H2,1H3,(H,12,13). The summed E-state index contributed by atoms with van der Waals surface area (Å²) in [4.78, 5) is 21.6. The molecular formula is C9H15NO3. The summed E-state index contributed by atoms with van der Waals surface area (Å²) in [6.07, 6.45) is 2.62. The van der Waals surface area contributed by atoms with Crippen LogP contribution in [0.25, 0.3) is 0 Å². The Morgan fingerprint density at radius 2 is 1.92 bits per heavy atom. The number of carbonyl (C=O) groups is 2. The number of ketones is 1. The highest BCUT2D eigenvalue weighted by Gasteiger charge is 2.29. The van der Waals surface area contributed by atoms with Crippen LogP contribution in [0.2, 0.25) is 0 Å². The van der Waals surface area contributed by atoms with Gasteiger partial charge in [-0.15, -0.1) is 0 Å². The molecule has 0 saturated heterocycles. The van der Waals surface area contributed by atoms with E-state index >= 15 is 0 Å². The summed E-state index contributed by atoms with van der Waals surface area (Å²) in [5.41, 5.74) is 0. The Morgan fingerprint density at radius 1 is 1.31 bits per heavy atom. The van der Waals surface area contributed by atoms with Crippen molar-refractivity contribution in [2.75, 3.05) is 0 Å². The number of nitrogens with one attached hydrogen (secondary N) is 1. The molecule has 0 aliphatic heterocycles. The molecule has 13 heavy (non-hydrogen) atoms. The third-order valence-electron chi connectivity index (χ3n) is 2.60. The first-order valence-electron chi connectivity index (χ1n) is 4.61. The van der Waals surface area contributed by atoms with Crippen molar-refractivity contribution in [2.45, 2.75) is 38.6 Å². The number of Topliss-reactive ketones (excluding diaryl/α,β-unsaturated/α-hetero) is 1. The molecule has 0 heterocycles. The van der Waals surface area contributed by atoms with Crippen molar-refractivity contribution in [1.29, 1.82) is 0 Å². The van der Waals surface area contributed by atoms with Crippen molar-refractivity contribution in [1.82, 2.24) is 5.32 Å². The summed E-state index contributed by atoms with van der Waals surface area (Å²) < 4.78 is 0. The van der Waals surface area contributed by atoms with Crippen molar-refractivity contribution >= 4 is 11.9 Å². The number of amides is 1. The fraction of sp³-hybridized carbons (Fsp3) is 0.778.